The molecule has 3 nitrogen and oxygen atoms in total. The van der Waals surface area contributed by atoms with E-state index in [0.29, 0.717) is 11.5 Å². The van der Waals surface area contributed by atoms with E-state index in [0.717, 1.165) is 12.0 Å². The highest BCUT2D eigenvalue weighted by molar-refractivity contribution is 5.91. The second kappa shape index (κ2) is 7.30. The number of esters is 1. The second-order valence-electron chi connectivity index (χ2n) is 3.99. The molecule has 0 fully saturated rings. The van der Waals surface area contributed by atoms with E-state index in [1.807, 2.05) is 18.2 Å². The molecule has 0 aliphatic rings. The molecule has 2 atom stereocenters. The van der Waals surface area contributed by atoms with Gasteiger partial charge in [-0.15, -0.1) is 12.4 Å². The molecule has 0 aliphatic heterocycles. The van der Waals surface area contributed by atoms with Crippen molar-refractivity contribution in [3.63, 3.8) is 0 Å². The smallest absolute Gasteiger partial charge is 0.338 e. The summed E-state index contributed by atoms with van der Waals surface area (Å²) >= 11 is 0. The Morgan fingerprint density at radius 3 is 2.53 bits per heavy atom. The molecule has 0 aromatic heterocycles. The van der Waals surface area contributed by atoms with Gasteiger partial charge in [-0.25, -0.2) is 4.79 Å². The lowest BCUT2D eigenvalue weighted by Gasteiger charge is -2.20. The van der Waals surface area contributed by atoms with Crippen molar-refractivity contribution in [1.82, 2.24) is 0 Å². The monoisotopic (exact) mass is 257 g/mol. The van der Waals surface area contributed by atoms with Crippen LogP contribution in [0.5, 0.6) is 0 Å². The Morgan fingerprint density at radius 2 is 2.00 bits per heavy atom. The third kappa shape index (κ3) is 3.72. The Kier molecular flexibility index (Phi) is 6.85. The van der Waals surface area contributed by atoms with Gasteiger partial charge in [0.05, 0.1) is 12.7 Å². The Balaban J connectivity index is 0.00000256. The predicted octanol–water partition coefficient (Wildman–Crippen LogP) is 2.94. The van der Waals surface area contributed by atoms with E-state index in [4.69, 9.17) is 10.5 Å². The normalized spacial score (nSPS) is 13.4. The SMILES string of the molecule is CCC(C)[C@@H](N)c1ccccc1C(=O)OC.Cl. The first-order chi connectivity index (χ1) is 7.61. The van der Waals surface area contributed by atoms with E-state index < -0.39 is 0 Å². The average molecular weight is 258 g/mol. The molecule has 0 aliphatic carbocycles. The summed E-state index contributed by atoms with van der Waals surface area (Å²) in [6.45, 7) is 4.17. The molecular weight excluding hydrogens is 238 g/mol. The molecule has 2 N–H and O–H groups in total. The van der Waals surface area contributed by atoms with Crippen LogP contribution in [0.3, 0.4) is 0 Å². The zero-order valence-corrected chi connectivity index (χ0v) is 11.3. The Hall–Kier alpha value is -1.06. The number of hydrogen-bond acceptors (Lipinski definition) is 3. The fourth-order valence-corrected chi connectivity index (χ4v) is 1.64. The summed E-state index contributed by atoms with van der Waals surface area (Å²) in [4.78, 5) is 11.6. The largest absolute Gasteiger partial charge is 0.465 e. The molecule has 0 heterocycles. The fourth-order valence-electron chi connectivity index (χ4n) is 1.64. The van der Waals surface area contributed by atoms with E-state index >= 15 is 0 Å². The maximum absolute atomic E-state index is 11.6. The molecular formula is C13H20ClNO2. The lowest BCUT2D eigenvalue weighted by Crippen LogP contribution is -2.21. The van der Waals surface area contributed by atoms with Crippen LogP contribution in [0, 0.1) is 5.92 Å². The van der Waals surface area contributed by atoms with Gasteiger partial charge < -0.3 is 10.5 Å². The zero-order chi connectivity index (χ0) is 12.1. The minimum absolute atomic E-state index is 0. The molecule has 0 amide bonds. The third-order valence-corrected chi connectivity index (χ3v) is 2.98. The van der Waals surface area contributed by atoms with E-state index in [2.05, 4.69) is 13.8 Å². The molecule has 4 heteroatoms. The molecule has 1 rings (SSSR count). The summed E-state index contributed by atoms with van der Waals surface area (Å²) in [7, 11) is 1.38. The van der Waals surface area contributed by atoms with Gasteiger partial charge in [0, 0.05) is 6.04 Å². The van der Waals surface area contributed by atoms with Gasteiger partial charge in [0.15, 0.2) is 0 Å². The van der Waals surface area contributed by atoms with Crippen LogP contribution in [0.2, 0.25) is 0 Å². The minimum atomic E-state index is -0.325. The van der Waals surface area contributed by atoms with Crippen molar-refractivity contribution in [2.75, 3.05) is 7.11 Å². The number of carbonyl (C=O) groups excluding carboxylic acids is 1. The van der Waals surface area contributed by atoms with E-state index in [1.54, 1.807) is 6.07 Å². The molecule has 0 spiro atoms. The molecule has 1 unspecified atom stereocenters. The quantitative estimate of drug-likeness (QED) is 0.844. The van der Waals surface area contributed by atoms with Crippen molar-refractivity contribution in [3.8, 4) is 0 Å². The molecule has 0 bridgehead atoms. The topological polar surface area (TPSA) is 52.3 Å². The van der Waals surface area contributed by atoms with Crippen LogP contribution in [-0.4, -0.2) is 13.1 Å². The number of ether oxygens (including phenoxy) is 1. The summed E-state index contributed by atoms with van der Waals surface area (Å²) < 4.78 is 4.75. The highest BCUT2D eigenvalue weighted by atomic mass is 35.5. The average Bonchev–Trinajstić information content (AvgIpc) is 2.35. The van der Waals surface area contributed by atoms with Gasteiger partial charge in [-0.1, -0.05) is 38.5 Å². The van der Waals surface area contributed by atoms with Crippen molar-refractivity contribution in [1.29, 1.82) is 0 Å². The van der Waals surface area contributed by atoms with E-state index in [1.165, 1.54) is 7.11 Å². The van der Waals surface area contributed by atoms with Crippen LogP contribution in [0.25, 0.3) is 0 Å². The number of hydrogen-bond donors (Lipinski definition) is 1. The zero-order valence-electron chi connectivity index (χ0n) is 10.5. The second-order valence-corrected chi connectivity index (χ2v) is 3.99. The lowest BCUT2D eigenvalue weighted by molar-refractivity contribution is 0.0598. The van der Waals surface area contributed by atoms with Crippen LogP contribution in [0.15, 0.2) is 24.3 Å². The van der Waals surface area contributed by atoms with Crippen molar-refractivity contribution >= 4 is 18.4 Å². The molecule has 1 aromatic rings. The Labute approximate surface area is 109 Å². The van der Waals surface area contributed by atoms with Crippen molar-refractivity contribution in [2.45, 2.75) is 26.3 Å². The van der Waals surface area contributed by atoms with Gasteiger partial charge in [-0.05, 0) is 17.5 Å². The molecule has 0 radical (unpaired) electrons. The molecule has 0 saturated heterocycles. The molecule has 96 valence electrons. The number of methoxy groups -OCH3 is 1. The van der Waals surface area contributed by atoms with Gasteiger partial charge in [0.25, 0.3) is 0 Å². The lowest BCUT2D eigenvalue weighted by atomic mass is 9.90. The van der Waals surface area contributed by atoms with Crippen LogP contribution >= 0.6 is 12.4 Å². The molecule has 17 heavy (non-hydrogen) atoms. The van der Waals surface area contributed by atoms with Crippen molar-refractivity contribution in [2.24, 2.45) is 11.7 Å². The first-order valence-electron chi connectivity index (χ1n) is 5.54. The highest BCUT2D eigenvalue weighted by Crippen LogP contribution is 2.25. The number of benzene rings is 1. The minimum Gasteiger partial charge on any atom is -0.465 e. The summed E-state index contributed by atoms with van der Waals surface area (Å²) in [6, 6.07) is 7.23. The van der Waals surface area contributed by atoms with Crippen LogP contribution < -0.4 is 5.73 Å². The summed E-state index contributed by atoms with van der Waals surface area (Å²) in [5, 5.41) is 0. The highest BCUT2D eigenvalue weighted by Gasteiger charge is 2.19. The number of rotatable bonds is 4. The Morgan fingerprint density at radius 1 is 1.41 bits per heavy atom. The molecule has 1 aromatic carbocycles. The Bertz CT molecular complexity index is 368. The number of carbonyl (C=O) groups is 1. The van der Waals surface area contributed by atoms with Crippen molar-refractivity contribution < 1.29 is 9.53 Å². The molecule has 0 saturated carbocycles. The maximum atomic E-state index is 11.6. The van der Waals surface area contributed by atoms with E-state index in [-0.39, 0.29) is 24.4 Å². The van der Waals surface area contributed by atoms with Gasteiger partial charge >= 0.3 is 5.97 Å². The summed E-state index contributed by atoms with van der Waals surface area (Å²) in [5.74, 6) is 0.0140. The van der Waals surface area contributed by atoms with Gasteiger partial charge in [0.1, 0.15) is 0 Å². The van der Waals surface area contributed by atoms with Crippen molar-refractivity contribution in [3.05, 3.63) is 35.4 Å². The number of nitrogens with two attached hydrogens (primary N) is 1. The maximum Gasteiger partial charge on any atom is 0.338 e. The standard InChI is InChI=1S/C13H19NO2.ClH/c1-4-9(2)12(14)10-7-5-6-8-11(10)13(15)16-3;/h5-9,12H,4,14H2,1-3H3;1H/t9?,12-;/m1./s1. The van der Waals surface area contributed by atoms with Crippen LogP contribution in [0.1, 0.15) is 42.2 Å². The predicted molar refractivity (Wildman–Crippen MR) is 71.4 cm³/mol. The van der Waals surface area contributed by atoms with Crippen LogP contribution in [0.4, 0.5) is 0 Å². The van der Waals surface area contributed by atoms with Crippen LogP contribution in [-0.2, 0) is 4.74 Å². The van der Waals surface area contributed by atoms with Gasteiger partial charge in [-0.3, -0.25) is 0 Å². The van der Waals surface area contributed by atoms with Gasteiger partial charge in [0.2, 0.25) is 0 Å². The first kappa shape index (κ1) is 15.9. The van der Waals surface area contributed by atoms with Gasteiger partial charge in [-0.2, -0.15) is 0 Å². The summed E-state index contributed by atoms with van der Waals surface area (Å²) in [5.41, 5.74) is 7.57. The fraction of sp³-hybridized carbons (Fsp3) is 0.462. The number of halogens is 1. The van der Waals surface area contributed by atoms with E-state index in [9.17, 15) is 4.79 Å². The summed E-state index contributed by atoms with van der Waals surface area (Å²) in [6.07, 6.45) is 0.983. The first-order valence-corrected chi connectivity index (χ1v) is 5.54. The third-order valence-electron chi connectivity index (χ3n) is 2.98.